The van der Waals surface area contributed by atoms with Crippen molar-refractivity contribution in [3.8, 4) is 11.3 Å². The van der Waals surface area contributed by atoms with E-state index < -0.39 is 0 Å². The van der Waals surface area contributed by atoms with Crippen LogP contribution in [0.25, 0.3) is 11.3 Å². The molecule has 0 aliphatic rings. The third kappa shape index (κ3) is 2.95. The molecule has 0 aliphatic heterocycles. The fourth-order valence-electron chi connectivity index (χ4n) is 2.03. The van der Waals surface area contributed by atoms with Crippen molar-refractivity contribution in [1.82, 2.24) is 9.55 Å². The Morgan fingerprint density at radius 2 is 2.11 bits per heavy atom. The number of aromatic nitrogens is 2. The molecule has 1 aromatic carbocycles. The number of benzene rings is 1. The fraction of sp³-hybridized carbons (Fsp3) is 0.357. The summed E-state index contributed by atoms with van der Waals surface area (Å²) in [5, 5.41) is 0.681. The third-order valence-corrected chi connectivity index (χ3v) is 4.15. The highest BCUT2D eigenvalue weighted by Crippen LogP contribution is 2.32. The Labute approximate surface area is 126 Å². The summed E-state index contributed by atoms with van der Waals surface area (Å²) in [6.07, 6.45) is 0. The van der Waals surface area contributed by atoms with E-state index in [9.17, 15) is 0 Å². The summed E-state index contributed by atoms with van der Waals surface area (Å²) >= 11 is 9.44. The predicted molar refractivity (Wildman–Crippen MR) is 84.4 cm³/mol. The van der Waals surface area contributed by atoms with E-state index >= 15 is 0 Å². The molecule has 0 atom stereocenters. The Kier molecular flexibility index (Phi) is 4.21. The predicted octanol–water partition coefficient (Wildman–Crippen LogP) is 4.51. The molecule has 1 heterocycles. The zero-order valence-corrected chi connectivity index (χ0v) is 13.6. The molecule has 0 saturated carbocycles. The van der Waals surface area contributed by atoms with Crippen LogP contribution in [0.3, 0.4) is 0 Å². The molecule has 0 unspecified atom stereocenters. The van der Waals surface area contributed by atoms with Crippen LogP contribution in [0.5, 0.6) is 0 Å². The maximum atomic E-state index is 6.22. The first-order chi connectivity index (χ1) is 8.90. The Hall–Kier alpha value is -1.00. The van der Waals surface area contributed by atoms with Crippen LogP contribution in [0, 0.1) is 12.8 Å². The van der Waals surface area contributed by atoms with Gasteiger partial charge in [0.05, 0.1) is 5.02 Å². The molecule has 2 rings (SSSR count). The van der Waals surface area contributed by atoms with Gasteiger partial charge in [-0.15, -0.1) is 0 Å². The second-order valence-electron chi connectivity index (χ2n) is 5.03. The van der Waals surface area contributed by atoms with Crippen molar-refractivity contribution >= 4 is 33.3 Å². The van der Waals surface area contributed by atoms with Crippen molar-refractivity contribution in [2.45, 2.75) is 27.3 Å². The summed E-state index contributed by atoms with van der Waals surface area (Å²) < 4.78 is 2.91. The molecule has 19 heavy (non-hydrogen) atoms. The monoisotopic (exact) mass is 341 g/mol. The van der Waals surface area contributed by atoms with Gasteiger partial charge in [0.15, 0.2) is 0 Å². The first kappa shape index (κ1) is 14.4. The lowest BCUT2D eigenvalue weighted by molar-refractivity contribution is 0.518. The normalized spacial score (nSPS) is 11.3. The number of rotatable bonds is 3. The van der Waals surface area contributed by atoms with Crippen molar-refractivity contribution < 1.29 is 0 Å². The standard InChI is InChI=1S/C14H17BrClN3/c1-8(2)7-19-9(3)18-13(14(19)17)10-4-5-12(16)11(15)6-10/h4-6,8H,7,17H2,1-3H3. The molecule has 0 spiro atoms. The number of hydrogen-bond donors (Lipinski definition) is 1. The molecule has 3 nitrogen and oxygen atoms in total. The Morgan fingerprint density at radius 3 is 2.68 bits per heavy atom. The highest BCUT2D eigenvalue weighted by molar-refractivity contribution is 9.10. The van der Waals surface area contributed by atoms with Gasteiger partial charge < -0.3 is 10.3 Å². The quantitative estimate of drug-likeness (QED) is 0.891. The lowest BCUT2D eigenvalue weighted by atomic mass is 10.1. The number of imidazole rings is 1. The fourth-order valence-corrected chi connectivity index (χ4v) is 2.53. The van der Waals surface area contributed by atoms with Crippen LogP contribution in [-0.2, 0) is 6.54 Å². The van der Waals surface area contributed by atoms with Gasteiger partial charge >= 0.3 is 0 Å². The summed E-state index contributed by atoms with van der Waals surface area (Å²) in [6, 6.07) is 5.72. The average Bonchev–Trinajstić information content (AvgIpc) is 2.60. The zero-order valence-electron chi connectivity index (χ0n) is 11.2. The number of aryl methyl sites for hydroxylation is 1. The largest absolute Gasteiger partial charge is 0.383 e. The Bertz CT molecular complexity index is 605. The van der Waals surface area contributed by atoms with Crippen LogP contribution in [0.1, 0.15) is 19.7 Å². The Balaban J connectivity index is 2.48. The molecule has 0 radical (unpaired) electrons. The minimum absolute atomic E-state index is 0.528. The summed E-state index contributed by atoms with van der Waals surface area (Å²) in [4.78, 5) is 4.58. The van der Waals surface area contributed by atoms with Crippen LogP contribution in [0.2, 0.25) is 5.02 Å². The van der Waals surface area contributed by atoms with E-state index in [1.54, 1.807) is 0 Å². The van der Waals surface area contributed by atoms with Crippen molar-refractivity contribution in [3.05, 3.63) is 33.5 Å². The third-order valence-electron chi connectivity index (χ3n) is 2.94. The highest BCUT2D eigenvalue weighted by Gasteiger charge is 2.15. The van der Waals surface area contributed by atoms with Gasteiger partial charge in [-0.2, -0.15) is 0 Å². The van der Waals surface area contributed by atoms with Gasteiger partial charge in [-0.05, 0) is 40.9 Å². The van der Waals surface area contributed by atoms with E-state index in [2.05, 4.69) is 39.3 Å². The number of nitrogen functional groups attached to an aromatic ring is 1. The molecule has 102 valence electrons. The first-order valence-corrected chi connectivity index (χ1v) is 7.35. The molecule has 0 bridgehead atoms. The van der Waals surface area contributed by atoms with E-state index in [0.717, 1.165) is 28.1 Å². The second kappa shape index (κ2) is 5.55. The van der Waals surface area contributed by atoms with Gasteiger partial charge in [-0.1, -0.05) is 31.5 Å². The molecular weight excluding hydrogens is 326 g/mol. The first-order valence-electron chi connectivity index (χ1n) is 6.18. The summed E-state index contributed by atoms with van der Waals surface area (Å²) in [6.45, 7) is 7.18. The van der Waals surface area contributed by atoms with Gasteiger partial charge in [0.2, 0.25) is 0 Å². The maximum absolute atomic E-state index is 6.22. The van der Waals surface area contributed by atoms with Gasteiger partial charge in [-0.25, -0.2) is 4.98 Å². The molecule has 5 heteroatoms. The molecule has 2 aromatic rings. The topological polar surface area (TPSA) is 43.8 Å². The van der Waals surface area contributed by atoms with Crippen LogP contribution < -0.4 is 5.73 Å². The van der Waals surface area contributed by atoms with E-state index in [-0.39, 0.29) is 0 Å². The van der Waals surface area contributed by atoms with Crippen molar-refractivity contribution in [2.24, 2.45) is 5.92 Å². The average molecular weight is 343 g/mol. The van der Waals surface area contributed by atoms with E-state index in [1.807, 2.05) is 25.1 Å². The number of nitrogens with zero attached hydrogens (tertiary/aromatic N) is 2. The summed E-state index contributed by atoms with van der Waals surface area (Å²) in [5.41, 5.74) is 8.01. The molecule has 0 fully saturated rings. The van der Waals surface area contributed by atoms with Crippen LogP contribution in [0.4, 0.5) is 5.82 Å². The van der Waals surface area contributed by atoms with Gasteiger partial charge in [-0.3, -0.25) is 0 Å². The minimum Gasteiger partial charge on any atom is -0.383 e. The van der Waals surface area contributed by atoms with Crippen molar-refractivity contribution in [2.75, 3.05) is 5.73 Å². The van der Waals surface area contributed by atoms with E-state index in [4.69, 9.17) is 17.3 Å². The molecular formula is C14H17BrClN3. The van der Waals surface area contributed by atoms with Gasteiger partial charge in [0.1, 0.15) is 17.3 Å². The van der Waals surface area contributed by atoms with Gasteiger partial charge in [0.25, 0.3) is 0 Å². The second-order valence-corrected chi connectivity index (χ2v) is 6.29. The summed E-state index contributed by atoms with van der Waals surface area (Å²) in [5.74, 6) is 2.17. The lowest BCUT2D eigenvalue weighted by Crippen LogP contribution is -2.09. The summed E-state index contributed by atoms with van der Waals surface area (Å²) in [7, 11) is 0. The molecule has 0 aliphatic carbocycles. The van der Waals surface area contributed by atoms with E-state index in [1.165, 1.54) is 0 Å². The molecule has 0 amide bonds. The van der Waals surface area contributed by atoms with E-state index in [0.29, 0.717) is 16.8 Å². The van der Waals surface area contributed by atoms with Crippen molar-refractivity contribution in [1.29, 1.82) is 0 Å². The number of nitrogens with two attached hydrogens (primary N) is 1. The maximum Gasteiger partial charge on any atom is 0.131 e. The van der Waals surface area contributed by atoms with Gasteiger partial charge in [0, 0.05) is 16.6 Å². The molecule has 2 N–H and O–H groups in total. The minimum atomic E-state index is 0.528. The smallest absolute Gasteiger partial charge is 0.131 e. The highest BCUT2D eigenvalue weighted by atomic mass is 79.9. The number of hydrogen-bond acceptors (Lipinski definition) is 2. The van der Waals surface area contributed by atoms with Crippen molar-refractivity contribution in [3.63, 3.8) is 0 Å². The molecule has 1 aromatic heterocycles. The van der Waals surface area contributed by atoms with Crippen LogP contribution in [-0.4, -0.2) is 9.55 Å². The number of halogens is 2. The Morgan fingerprint density at radius 1 is 1.42 bits per heavy atom. The molecule has 0 saturated heterocycles. The zero-order chi connectivity index (χ0) is 14.2. The lowest BCUT2D eigenvalue weighted by Gasteiger charge is -2.10. The number of anilines is 1. The van der Waals surface area contributed by atoms with Crippen LogP contribution in [0.15, 0.2) is 22.7 Å². The van der Waals surface area contributed by atoms with Crippen LogP contribution >= 0.6 is 27.5 Å². The SMILES string of the molecule is Cc1nc(-c2ccc(Cl)c(Br)c2)c(N)n1CC(C)C.